The van der Waals surface area contributed by atoms with Crippen LogP contribution in [0.5, 0.6) is 0 Å². The Hall–Kier alpha value is -3.58. The van der Waals surface area contributed by atoms with Gasteiger partial charge in [-0.3, -0.25) is 24.4 Å². The fraction of sp³-hybridized carbons (Fsp3) is 0.548. The molecule has 3 aliphatic rings. The number of benzene rings is 1. The van der Waals surface area contributed by atoms with Gasteiger partial charge >= 0.3 is 0 Å². The Bertz CT molecular complexity index is 1340. The van der Waals surface area contributed by atoms with Crippen molar-refractivity contribution in [1.29, 1.82) is 5.26 Å². The van der Waals surface area contributed by atoms with Crippen LogP contribution in [0.3, 0.4) is 0 Å². The number of aromatic nitrogens is 1. The highest BCUT2D eigenvalue weighted by molar-refractivity contribution is 6.07. The van der Waals surface area contributed by atoms with Crippen LogP contribution in [0.4, 0.5) is 14.5 Å². The van der Waals surface area contributed by atoms with Crippen molar-refractivity contribution in [2.45, 2.75) is 101 Å². The molecule has 2 aliphatic carbocycles. The first-order chi connectivity index (χ1) is 19.4. The summed E-state index contributed by atoms with van der Waals surface area (Å²) in [7, 11) is 0. The average Bonchev–Trinajstić information content (AvgIpc) is 3.51. The zero-order valence-electron chi connectivity index (χ0n) is 23.7. The second kappa shape index (κ2) is 10.7. The maximum Gasteiger partial charge on any atom is 0.251 e. The van der Waals surface area contributed by atoms with E-state index in [4.69, 9.17) is 0 Å². The summed E-state index contributed by atoms with van der Waals surface area (Å²) in [4.78, 5) is 36.1. The number of nitriles is 1. The van der Waals surface area contributed by atoms with E-state index >= 15 is 0 Å². The summed E-state index contributed by atoms with van der Waals surface area (Å²) >= 11 is 0. The van der Waals surface area contributed by atoms with Crippen molar-refractivity contribution in [3.63, 3.8) is 0 Å². The Labute approximate surface area is 239 Å². The molecule has 2 aromatic rings. The van der Waals surface area contributed by atoms with Crippen LogP contribution in [0.25, 0.3) is 0 Å². The van der Waals surface area contributed by atoms with Crippen molar-refractivity contribution in [2.24, 2.45) is 0 Å². The number of likely N-dealkylation sites (tertiary alicyclic amines) is 1. The fourth-order valence-corrected chi connectivity index (χ4v) is 6.48. The van der Waals surface area contributed by atoms with Gasteiger partial charge in [-0.1, -0.05) is 32.9 Å². The number of rotatable bonds is 5. The van der Waals surface area contributed by atoms with Crippen LogP contribution >= 0.6 is 0 Å². The molecule has 1 saturated heterocycles. The molecule has 3 unspecified atom stereocenters. The molecular formula is C31H37F2N5O3. The van der Waals surface area contributed by atoms with Crippen LogP contribution in [0, 0.1) is 11.5 Å². The SMILES string of the molecule is CC(C)(C)c1ccc(N(C(=O)C2CC(O)CN2C#N)C2(C(=O)NC3CCC(F)(F)CC3)CCc3ccncc32)cc1. The minimum absolute atomic E-state index is 0.0251. The Balaban J connectivity index is 1.63. The van der Waals surface area contributed by atoms with Crippen molar-refractivity contribution in [1.82, 2.24) is 15.2 Å². The smallest absolute Gasteiger partial charge is 0.251 e. The molecule has 0 spiro atoms. The van der Waals surface area contributed by atoms with Crippen LogP contribution < -0.4 is 10.2 Å². The number of pyridine rings is 1. The molecule has 1 aliphatic heterocycles. The number of carbonyl (C=O) groups excluding carboxylic acids is 2. The lowest BCUT2D eigenvalue weighted by molar-refractivity contribution is -0.133. The zero-order chi connectivity index (χ0) is 29.6. The number of anilines is 1. The molecule has 8 nitrogen and oxygen atoms in total. The first kappa shape index (κ1) is 28.9. The van der Waals surface area contributed by atoms with E-state index in [-0.39, 0.29) is 50.5 Å². The maximum atomic E-state index is 14.5. The molecule has 1 aromatic carbocycles. The summed E-state index contributed by atoms with van der Waals surface area (Å²) in [6, 6.07) is 7.89. The molecule has 1 aromatic heterocycles. The average molecular weight is 566 g/mol. The van der Waals surface area contributed by atoms with Gasteiger partial charge in [0.2, 0.25) is 5.92 Å². The third-order valence-electron chi connectivity index (χ3n) is 8.83. The highest BCUT2D eigenvalue weighted by atomic mass is 19.3. The molecule has 2 N–H and O–H groups in total. The Morgan fingerprint density at radius 2 is 1.83 bits per heavy atom. The van der Waals surface area contributed by atoms with Crippen molar-refractivity contribution in [3.05, 3.63) is 59.4 Å². The number of aliphatic hydroxyl groups excluding tert-OH is 1. The molecule has 3 atom stereocenters. The van der Waals surface area contributed by atoms with Crippen molar-refractivity contribution in [2.75, 3.05) is 11.4 Å². The van der Waals surface area contributed by atoms with Crippen molar-refractivity contribution in [3.8, 4) is 6.19 Å². The number of alkyl halides is 2. The number of amides is 2. The number of β-amino-alcohol motifs (C(OH)–C–C–N with tert-alkyl or cyclic N) is 1. The van der Waals surface area contributed by atoms with E-state index in [1.807, 2.05) is 36.5 Å². The Morgan fingerprint density at radius 1 is 1.15 bits per heavy atom. The molecule has 10 heteroatoms. The number of halogens is 2. The molecule has 5 rings (SSSR count). The topological polar surface area (TPSA) is 110 Å². The predicted octanol–water partition coefficient (Wildman–Crippen LogP) is 4.16. The summed E-state index contributed by atoms with van der Waals surface area (Å²) in [5.74, 6) is -3.67. The standard InChI is InChI=1S/C31H37F2N5O3/c1-29(2,3)21-4-6-23(7-5-21)38(27(40)26-16-24(39)18-37(26)19-34)31(14-8-20-11-15-35-17-25(20)31)28(41)36-22-9-12-30(32,33)13-10-22/h4-7,11,15,17,22,24,26,39H,8-10,12-14,16,18H2,1-3H3,(H,36,41). The predicted molar refractivity (Wildman–Crippen MR) is 149 cm³/mol. The van der Waals surface area contributed by atoms with Crippen LogP contribution in [-0.4, -0.2) is 57.5 Å². The van der Waals surface area contributed by atoms with Gasteiger partial charge in [0, 0.05) is 48.9 Å². The number of nitrogens with zero attached hydrogens (tertiary/aromatic N) is 4. The number of hydrogen-bond acceptors (Lipinski definition) is 6. The minimum Gasteiger partial charge on any atom is -0.391 e. The summed E-state index contributed by atoms with van der Waals surface area (Å²) in [5.41, 5.74) is 1.30. The van der Waals surface area contributed by atoms with Gasteiger partial charge in [-0.05, 0) is 60.4 Å². The van der Waals surface area contributed by atoms with Crippen LogP contribution in [0.2, 0.25) is 0 Å². The molecule has 2 amide bonds. The van der Waals surface area contributed by atoms with E-state index in [1.165, 1.54) is 9.80 Å². The van der Waals surface area contributed by atoms with Crippen molar-refractivity contribution < 1.29 is 23.5 Å². The largest absolute Gasteiger partial charge is 0.391 e. The van der Waals surface area contributed by atoms with E-state index in [0.717, 1.165) is 11.1 Å². The number of nitrogens with one attached hydrogen (secondary N) is 1. The fourth-order valence-electron chi connectivity index (χ4n) is 6.48. The zero-order valence-corrected chi connectivity index (χ0v) is 23.7. The number of hydrogen-bond donors (Lipinski definition) is 2. The van der Waals surface area contributed by atoms with Crippen LogP contribution in [0.15, 0.2) is 42.7 Å². The first-order valence-electron chi connectivity index (χ1n) is 14.3. The molecule has 0 bridgehead atoms. The summed E-state index contributed by atoms with van der Waals surface area (Å²) in [6.45, 7) is 6.27. The molecule has 0 radical (unpaired) electrons. The van der Waals surface area contributed by atoms with E-state index in [1.54, 1.807) is 12.4 Å². The second-order valence-electron chi connectivity index (χ2n) is 12.6. The molecule has 41 heavy (non-hydrogen) atoms. The third kappa shape index (κ3) is 5.40. The first-order valence-corrected chi connectivity index (χ1v) is 14.3. The van der Waals surface area contributed by atoms with Crippen LogP contribution in [-0.2, 0) is 27.0 Å². The van der Waals surface area contributed by atoms with Gasteiger partial charge in [0.1, 0.15) is 6.04 Å². The number of carbonyl (C=O) groups is 2. The second-order valence-corrected chi connectivity index (χ2v) is 12.6. The van der Waals surface area contributed by atoms with Gasteiger partial charge in [0.25, 0.3) is 11.8 Å². The minimum atomic E-state index is -2.75. The van der Waals surface area contributed by atoms with E-state index in [0.29, 0.717) is 17.7 Å². The van der Waals surface area contributed by atoms with Gasteiger partial charge in [0.05, 0.1) is 12.6 Å². The summed E-state index contributed by atoms with van der Waals surface area (Å²) in [5, 5.41) is 23.2. The van der Waals surface area contributed by atoms with Crippen LogP contribution in [0.1, 0.15) is 76.0 Å². The number of fused-ring (bicyclic) bond motifs is 1. The molecular weight excluding hydrogens is 528 g/mol. The molecule has 218 valence electrons. The van der Waals surface area contributed by atoms with Crippen molar-refractivity contribution >= 4 is 17.5 Å². The lowest BCUT2D eigenvalue weighted by atomic mass is 9.84. The Kier molecular flexibility index (Phi) is 7.53. The van der Waals surface area contributed by atoms with E-state index in [2.05, 4.69) is 31.1 Å². The lowest BCUT2D eigenvalue weighted by Crippen LogP contribution is -2.62. The molecule has 1 saturated carbocycles. The normalized spacial score (nSPS) is 25.8. The highest BCUT2D eigenvalue weighted by Gasteiger charge is 2.55. The molecule has 2 heterocycles. The summed E-state index contributed by atoms with van der Waals surface area (Å²) in [6.07, 6.45) is 4.90. The monoisotopic (exact) mass is 565 g/mol. The van der Waals surface area contributed by atoms with Gasteiger partial charge in [-0.15, -0.1) is 0 Å². The van der Waals surface area contributed by atoms with Gasteiger partial charge < -0.3 is 10.4 Å². The number of aryl methyl sites for hydroxylation is 1. The maximum absolute atomic E-state index is 14.5. The van der Waals surface area contributed by atoms with Gasteiger partial charge in [-0.2, -0.15) is 5.26 Å². The lowest BCUT2D eigenvalue weighted by Gasteiger charge is -2.43. The highest BCUT2D eigenvalue weighted by Crippen LogP contribution is 2.46. The quantitative estimate of drug-likeness (QED) is 0.527. The third-order valence-corrected chi connectivity index (χ3v) is 8.83. The Morgan fingerprint density at radius 3 is 2.46 bits per heavy atom. The van der Waals surface area contributed by atoms with E-state index < -0.39 is 41.5 Å². The molecule has 2 fully saturated rings. The summed E-state index contributed by atoms with van der Waals surface area (Å²) < 4.78 is 27.8. The van der Waals surface area contributed by atoms with Gasteiger partial charge in [-0.25, -0.2) is 8.78 Å². The number of aliphatic hydroxyl groups is 1. The van der Waals surface area contributed by atoms with E-state index in [9.17, 15) is 28.7 Å². The van der Waals surface area contributed by atoms with Gasteiger partial charge in [0.15, 0.2) is 11.7 Å².